The summed E-state index contributed by atoms with van der Waals surface area (Å²) in [6.45, 7) is 1.54. The summed E-state index contributed by atoms with van der Waals surface area (Å²) in [7, 11) is 0. The highest BCUT2D eigenvalue weighted by Crippen LogP contribution is 2.24. The Morgan fingerprint density at radius 2 is 2.17 bits per heavy atom. The van der Waals surface area contributed by atoms with Crippen molar-refractivity contribution in [3.05, 3.63) is 42.5 Å². The van der Waals surface area contributed by atoms with Crippen LogP contribution in [0, 0.1) is 0 Å². The van der Waals surface area contributed by atoms with Crippen LogP contribution in [0.3, 0.4) is 0 Å². The second-order valence-corrected chi connectivity index (χ2v) is 4.32. The lowest BCUT2D eigenvalue weighted by Crippen LogP contribution is -2.42. The van der Waals surface area contributed by atoms with Gasteiger partial charge >= 0.3 is 0 Å². The molecule has 1 aliphatic heterocycles. The summed E-state index contributed by atoms with van der Waals surface area (Å²) in [4.78, 5) is 17.8. The number of carbonyl (C=O) groups is 1. The second-order valence-electron chi connectivity index (χ2n) is 4.32. The average Bonchev–Trinajstić information content (AvgIpc) is 2.80. The van der Waals surface area contributed by atoms with Crippen LogP contribution in [0.5, 0.6) is 5.75 Å². The summed E-state index contributed by atoms with van der Waals surface area (Å²) in [5.41, 5.74) is 1.16. The first-order valence-electron chi connectivity index (χ1n) is 5.86. The van der Waals surface area contributed by atoms with Gasteiger partial charge in [-0.2, -0.15) is 0 Å². The van der Waals surface area contributed by atoms with Crippen LogP contribution in [0.4, 0.5) is 0 Å². The maximum atomic E-state index is 12.1. The summed E-state index contributed by atoms with van der Waals surface area (Å²) in [5.74, 6) is -0.0866. The molecule has 1 aliphatic rings. The molecule has 1 saturated heterocycles. The number of hydrogen-bond donors (Lipinski definition) is 1. The summed E-state index contributed by atoms with van der Waals surface area (Å²) < 4.78 is 1.80. The highest BCUT2D eigenvalue weighted by atomic mass is 16.3. The van der Waals surface area contributed by atoms with Crippen molar-refractivity contribution in [2.45, 2.75) is 6.42 Å². The summed E-state index contributed by atoms with van der Waals surface area (Å²) >= 11 is 0. The smallest absolute Gasteiger partial charge is 0.257 e. The maximum Gasteiger partial charge on any atom is 0.257 e. The van der Waals surface area contributed by atoms with Gasteiger partial charge in [0, 0.05) is 31.2 Å². The van der Waals surface area contributed by atoms with Crippen LogP contribution in [-0.2, 0) is 0 Å². The van der Waals surface area contributed by atoms with Gasteiger partial charge in [-0.3, -0.25) is 4.79 Å². The lowest BCUT2D eigenvalue weighted by molar-refractivity contribution is 0.0648. The van der Waals surface area contributed by atoms with Gasteiger partial charge in [0.2, 0.25) is 0 Å². The van der Waals surface area contributed by atoms with Gasteiger partial charge in [0.15, 0.2) is 0 Å². The molecule has 0 saturated carbocycles. The predicted octanol–water partition coefficient (Wildman–Crippen LogP) is 1.42. The Morgan fingerprint density at radius 3 is 2.78 bits per heavy atom. The molecule has 0 bridgehead atoms. The van der Waals surface area contributed by atoms with E-state index in [0.29, 0.717) is 5.56 Å². The lowest BCUT2D eigenvalue weighted by atomic mass is 10.1. The van der Waals surface area contributed by atoms with Gasteiger partial charge in [-0.25, -0.2) is 4.98 Å². The van der Waals surface area contributed by atoms with Crippen molar-refractivity contribution < 1.29 is 9.90 Å². The molecule has 2 aromatic rings. The number of nitrogens with zero attached hydrogens (tertiary/aromatic N) is 3. The number of likely N-dealkylation sites (tertiary alicyclic amines) is 1. The summed E-state index contributed by atoms with van der Waals surface area (Å²) in [6, 6.07) is 4.99. The number of imidazole rings is 1. The van der Waals surface area contributed by atoms with Crippen LogP contribution < -0.4 is 0 Å². The van der Waals surface area contributed by atoms with Crippen LogP contribution in [0.25, 0.3) is 5.69 Å². The second kappa shape index (κ2) is 4.18. The van der Waals surface area contributed by atoms with Crippen molar-refractivity contribution in [2.75, 3.05) is 13.1 Å². The monoisotopic (exact) mass is 243 g/mol. The van der Waals surface area contributed by atoms with E-state index in [1.54, 1.807) is 46.4 Å². The van der Waals surface area contributed by atoms with Crippen LogP contribution >= 0.6 is 0 Å². The number of aromatic hydroxyl groups is 1. The molecule has 92 valence electrons. The number of phenolic OH excluding ortho intramolecular Hbond substituents is 1. The SMILES string of the molecule is O=C(c1cc(-n2ccnc2)ccc1O)N1CCC1. The number of amides is 1. The van der Waals surface area contributed by atoms with E-state index in [1.807, 2.05) is 0 Å². The van der Waals surface area contributed by atoms with Gasteiger partial charge in [0.1, 0.15) is 5.75 Å². The minimum atomic E-state index is -0.110. The normalized spacial score (nSPS) is 14.3. The van der Waals surface area contributed by atoms with E-state index in [1.165, 1.54) is 0 Å². The molecule has 1 aromatic carbocycles. The van der Waals surface area contributed by atoms with E-state index < -0.39 is 0 Å². The highest BCUT2D eigenvalue weighted by molar-refractivity contribution is 5.97. The molecule has 5 nitrogen and oxygen atoms in total. The van der Waals surface area contributed by atoms with Crippen LogP contribution in [0.15, 0.2) is 36.9 Å². The van der Waals surface area contributed by atoms with Gasteiger partial charge in [0.25, 0.3) is 5.91 Å². The van der Waals surface area contributed by atoms with Crippen molar-refractivity contribution in [3.63, 3.8) is 0 Å². The Kier molecular flexibility index (Phi) is 2.51. The Balaban J connectivity index is 1.98. The number of rotatable bonds is 2. The Labute approximate surface area is 104 Å². The number of phenols is 1. The van der Waals surface area contributed by atoms with Crippen molar-refractivity contribution >= 4 is 5.91 Å². The molecule has 0 aliphatic carbocycles. The van der Waals surface area contributed by atoms with Gasteiger partial charge in [-0.1, -0.05) is 0 Å². The minimum Gasteiger partial charge on any atom is -0.507 e. The molecular weight excluding hydrogens is 230 g/mol. The minimum absolute atomic E-state index is 0.0239. The third-order valence-electron chi connectivity index (χ3n) is 3.16. The van der Waals surface area contributed by atoms with E-state index in [9.17, 15) is 9.90 Å². The molecule has 0 spiro atoms. The first-order chi connectivity index (χ1) is 8.75. The first kappa shape index (κ1) is 10.8. The molecule has 0 atom stereocenters. The first-order valence-corrected chi connectivity index (χ1v) is 5.86. The molecule has 0 radical (unpaired) electrons. The quantitative estimate of drug-likeness (QED) is 0.868. The molecule has 1 amide bonds. The van der Waals surface area contributed by atoms with E-state index >= 15 is 0 Å². The zero-order valence-electron chi connectivity index (χ0n) is 9.78. The van der Waals surface area contributed by atoms with Crippen LogP contribution in [0.1, 0.15) is 16.8 Å². The lowest BCUT2D eigenvalue weighted by Gasteiger charge is -2.31. The van der Waals surface area contributed by atoms with E-state index in [4.69, 9.17) is 0 Å². The summed E-state index contributed by atoms with van der Waals surface area (Å²) in [5, 5.41) is 9.80. The predicted molar refractivity (Wildman–Crippen MR) is 65.7 cm³/mol. The van der Waals surface area contributed by atoms with Gasteiger partial charge in [-0.15, -0.1) is 0 Å². The Hall–Kier alpha value is -2.30. The van der Waals surface area contributed by atoms with E-state index in [-0.39, 0.29) is 11.7 Å². The van der Waals surface area contributed by atoms with Gasteiger partial charge < -0.3 is 14.6 Å². The van der Waals surface area contributed by atoms with E-state index in [2.05, 4.69) is 4.98 Å². The number of hydrogen-bond acceptors (Lipinski definition) is 3. The zero-order valence-corrected chi connectivity index (χ0v) is 9.78. The molecule has 1 fully saturated rings. The third kappa shape index (κ3) is 1.73. The van der Waals surface area contributed by atoms with Crippen LogP contribution in [0.2, 0.25) is 0 Å². The number of aromatic nitrogens is 2. The molecule has 2 heterocycles. The van der Waals surface area contributed by atoms with Crippen molar-refractivity contribution in [2.24, 2.45) is 0 Å². The average molecular weight is 243 g/mol. The molecule has 5 heteroatoms. The van der Waals surface area contributed by atoms with Crippen molar-refractivity contribution in [1.82, 2.24) is 14.5 Å². The van der Waals surface area contributed by atoms with E-state index in [0.717, 1.165) is 25.2 Å². The molecule has 0 unspecified atom stereocenters. The summed E-state index contributed by atoms with van der Waals surface area (Å²) in [6.07, 6.45) is 6.16. The molecule has 3 rings (SSSR count). The van der Waals surface area contributed by atoms with Crippen molar-refractivity contribution in [3.8, 4) is 11.4 Å². The molecule has 18 heavy (non-hydrogen) atoms. The van der Waals surface area contributed by atoms with Gasteiger partial charge in [0.05, 0.1) is 11.9 Å². The zero-order chi connectivity index (χ0) is 12.5. The van der Waals surface area contributed by atoms with Crippen molar-refractivity contribution in [1.29, 1.82) is 0 Å². The Morgan fingerprint density at radius 1 is 1.33 bits per heavy atom. The van der Waals surface area contributed by atoms with Crippen LogP contribution in [-0.4, -0.2) is 38.6 Å². The van der Waals surface area contributed by atoms with Gasteiger partial charge in [-0.05, 0) is 24.6 Å². The number of carbonyl (C=O) groups excluding carboxylic acids is 1. The molecule has 1 N–H and O–H groups in total. The maximum absolute atomic E-state index is 12.1. The molecule has 1 aromatic heterocycles. The topological polar surface area (TPSA) is 58.4 Å². The standard InChI is InChI=1S/C13H13N3O2/c17-12-3-2-10(16-7-4-14-9-16)8-11(12)13(18)15-5-1-6-15/h2-4,7-9,17H,1,5-6H2. The number of benzene rings is 1. The fourth-order valence-electron chi connectivity index (χ4n) is 1.96. The highest BCUT2D eigenvalue weighted by Gasteiger charge is 2.24. The fraction of sp³-hybridized carbons (Fsp3) is 0.231. The molecular formula is C13H13N3O2. The third-order valence-corrected chi connectivity index (χ3v) is 3.16. The fourth-order valence-corrected chi connectivity index (χ4v) is 1.96. The largest absolute Gasteiger partial charge is 0.507 e. The Bertz CT molecular complexity index is 574.